The van der Waals surface area contributed by atoms with Crippen LogP contribution in [0.1, 0.15) is 23.6 Å². The number of rotatable bonds is 6. The maximum absolute atomic E-state index is 13.4. The topological polar surface area (TPSA) is 95.9 Å². The molecule has 10 heteroatoms. The fourth-order valence-corrected chi connectivity index (χ4v) is 5.79. The van der Waals surface area contributed by atoms with Gasteiger partial charge in [0.1, 0.15) is 0 Å². The van der Waals surface area contributed by atoms with E-state index in [1.165, 1.54) is 12.1 Å². The fourth-order valence-electron chi connectivity index (χ4n) is 3.49. The van der Waals surface area contributed by atoms with Crippen molar-refractivity contribution in [2.24, 2.45) is 5.10 Å². The molecule has 3 aromatic carbocycles. The number of benzene rings is 3. The van der Waals surface area contributed by atoms with Crippen LogP contribution in [-0.4, -0.2) is 33.2 Å². The average molecular weight is 490 g/mol. The maximum atomic E-state index is 13.4. The Kier molecular flexibility index (Phi) is 5.98. The Morgan fingerprint density at radius 1 is 0.938 bits per heavy atom. The molecule has 0 unspecified atom stereocenters. The van der Waals surface area contributed by atoms with Crippen molar-refractivity contribution in [2.45, 2.75) is 17.4 Å². The number of nitrogens with zero attached hydrogens (tertiary/aromatic N) is 2. The summed E-state index contributed by atoms with van der Waals surface area (Å²) in [5.41, 5.74) is 2.51. The summed E-state index contributed by atoms with van der Waals surface area (Å²) >= 11 is 6.03. The minimum atomic E-state index is -3.96. The zero-order chi connectivity index (χ0) is 22.9. The second kappa shape index (κ2) is 8.57. The first-order valence-corrected chi connectivity index (χ1v) is 13.3. The Morgan fingerprint density at radius 2 is 1.62 bits per heavy atom. The van der Waals surface area contributed by atoms with Crippen molar-refractivity contribution in [3.63, 3.8) is 0 Å². The Morgan fingerprint density at radius 3 is 2.25 bits per heavy atom. The molecule has 1 N–H and O–H groups in total. The van der Waals surface area contributed by atoms with Gasteiger partial charge in [-0.1, -0.05) is 60.1 Å². The van der Waals surface area contributed by atoms with Gasteiger partial charge < -0.3 is 0 Å². The third-order valence-electron chi connectivity index (χ3n) is 4.92. The van der Waals surface area contributed by atoms with Gasteiger partial charge in [0.15, 0.2) is 0 Å². The molecule has 0 fully saturated rings. The molecule has 1 atom stereocenters. The summed E-state index contributed by atoms with van der Waals surface area (Å²) in [5, 5.41) is 4.80. The summed E-state index contributed by atoms with van der Waals surface area (Å²) in [5.74, 6) is 0. The normalized spacial score (nSPS) is 16.6. The Bertz CT molecular complexity index is 1370. The molecule has 0 spiro atoms. The molecule has 3 aromatic rings. The van der Waals surface area contributed by atoms with Crippen molar-refractivity contribution in [3.8, 4) is 0 Å². The number of sulfonamides is 2. The molecule has 166 valence electrons. The van der Waals surface area contributed by atoms with Crippen LogP contribution in [0.5, 0.6) is 0 Å². The number of hydrazone groups is 1. The van der Waals surface area contributed by atoms with Gasteiger partial charge in [0.05, 0.1) is 22.9 Å². The van der Waals surface area contributed by atoms with E-state index in [1.54, 1.807) is 36.4 Å². The molecule has 1 aliphatic heterocycles. The van der Waals surface area contributed by atoms with Crippen molar-refractivity contribution < 1.29 is 16.8 Å². The summed E-state index contributed by atoms with van der Waals surface area (Å²) in [6, 6.07) is 21.5. The van der Waals surface area contributed by atoms with E-state index < -0.39 is 26.1 Å². The first kappa shape index (κ1) is 22.3. The van der Waals surface area contributed by atoms with Gasteiger partial charge in [0.2, 0.25) is 10.0 Å². The summed E-state index contributed by atoms with van der Waals surface area (Å²) in [6.07, 6.45) is 1.44. The Balaban J connectivity index is 1.73. The molecule has 0 saturated heterocycles. The zero-order valence-corrected chi connectivity index (χ0v) is 19.4. The third-order valence-corrected chi connectivity index (χ3v) is 7.44. The van der Waals surface area contributed by atoms with Gasteiger partial charge in [0, 0.05) is 17.1 Å². The number of hydrogen-bond donors (Lipinski definition) is 1. The second-order valence-electron chi connectivity index (χ2n) is 7.36. The maximum Gasteiger partial charge on any atom is 0.279 e. The second-order valence-corrected chi connectivity index (χ2v) is 11.3. The van der Waals surface area contributed by atoms with E-state index in [4.69, 9.17) is 11.6 Å². The van der Waals surface area contributed by atoms with Crippen LogP contribution in [0.3, 0.4) is 0 Å². The van der Waals surface area contributed by atoms with Crippen LogP contribution < -0.4 is 4.72 Å². The molecule has 32 heavy (non-hydrogen) atoms. The molecule has 0 aromatic heterocycles. The average Bonchev–Trinajstić information content (AvgIpc) is 3.20. The van der Waals surface area contributed by atoms with Crippen LogP contribution in [0.4, 0.5) is 5.69 Å². The van der Waals surface area contributed by atoms with E-state index in [0.29, 0.717) is 28.4 Å². The summed E-state index contributed by atoms with van der Waals surface area (Å²) in [6.45, 7) is 0. The van der Waals surface area contributed by atoms with Crippen LogP contribution in [0.25, 0.3) is 0 Å². The van der Waals surface area contributed by atoms with E-state index in [1.807, 2.05) is 30.3 Å². The minimum absolute atomic E-state index is 0.0589. The van der Waals surface area contributed by atoms with Crippen molar-refractivity contribution in [1.82, 2.24) is 4.41 Å². The smallest absolute Gasteiger partial charge is 0.279 e. The monoisotopic (exact) mass is 489 g/mol. The van der Waals surface area contributed by atoms with Gasteiger partial charge in [-0.2, -0.15) is 17.9 Å². The van der Waals surface area contributed by atoms with Crippen LogP contribution in [0, 0.1) is 0 Å². The number of halogens is 1. The number of anilines is 1. The minimum Gasteiger partial charge on any atom is -0.284 e. The Labute approximate surface area is 192 Å². The summed E-state index contributed by atoms with van der Waals surface area (Å²) in [7, 11) is -7.36. The molecule has 4 rings (SSSR count). The molecule has 0 saturated carbocycles. The van der Waals surface area contributed by atoms with Crippen LogP contribution in [0.2, 0.25) is 5.02 Å². The van der Waals surface area contributed by atoms with Crippen LogP contribution in [0.15, 0.2) is 88.9 Å². The lowest BCUT2D eigenvalue weighted by Gasteiger charge is -2.23. The van der Waals surface area contributed by atoms with Crippen molar-refractivity contribution >= 4 is 43.0 Å². The van der Waals surface area contributed by atoms with Crippen molar-refractivity contribution in [2.75, 3.05) is 11.0 Å². The summed E-state index contributed by atoms with van der Waals surface area (Å²) in [4.78, 5) is 0.0589. The molecule has 1 aliphatic rings. The van der Waals surface area contributed by atoms with Gasteiger partial charge in [-0.25, -0.2) is 8.42 Å². The van der Waals surface area contributed by atoms with Crippen molar-refractivity contribution in [1.29, 1.82) is 0 Å². The van der Waals surface area contributed by atoms with E-state index in [9.17, 15) is 16.8 Å². The molecular formula is C22H20ClN3O4S2. The van der Waals surface area contributed by atoms with Gasteiger partial charge in [-0.15, -0.1) is 0 Å². The van der Waals surface area contributed by atoms with E-state index in [2.05, 4.69) is 9.82 Å². The van der Waals surface area contributed by atoms with Gasteiger partial charge >= 0.3 is 0 Å². The van der Waals surface area contributed by atoms with Crippen LogP contribution in [-0.2, 0) is 20.0 Å². The molecule has 0 amide bonds. The lowest BCUT2D eigenvalue weighted by atomic mass is 9.99. The molecule has 0 bridgehead atoms. The zero-order valence-electron chi connectivity index (χ0n) is 17.0. The molecular weight excluding hydrogens is 470 g/mol. The SMILES string of the molecule is CS(=O)(=O)Nc1ccc(C2=NN(S(=O)(=O)c3cccc(Cl)c3)[C@@H](c3ccccc3)C2)cc1. The molecule has 1 heterocycles. The predicted molar refractivity (Wildman–Crippen MR) is 126 cm³/mol. The first-order chi connectivity index (χ1) is 15.1. The van der Waals surface area contributed by atoms with Gasteiger partial charge in [-0.05, 0) is 41.5 Å². The van der Waals surface area contributed by atoms with E-state index >= 15 is 0 Å². The van der Waals surface area contributed by atoms with Crippen LogP contribution >= 0.6 is 11.6 Å². The lowest BCUT2D eigenvalue weighted by molar-refractivity contribution is 0.371. The van der Waals surface area contributed by atoms with Gasteiger partial charge in [-0.3, -0.25) is 4.72 Å². The van der Waals surface area contributed by atoms with E-state index in [-0.39, 0.29) is 4.90 Å². The quantitative estimate of drug-likeness (QED) is 0.559. The Hall–Kier alpha value is -2.88. The first-order valence-electron chi connectivity index (χ1n) is 9.64. The molecule has 7 nitrogen and oxygen atoms in total. The highest BCUT2D eigenvalue weighted by Crippen LogP contribution is 2.37. The highest BCUT2D eigenvalue weighted by molar-refractivity contribution is 7.92. The standard InChI is InChI=1S/C22H20ClN3O4S2/c1-31(27,28)25-19-12-10-16(11-13-19)21-15-22(17-6-3-2-4-7-17)26(24-21)32(29,30)20-9-5-8-18(23)14-20/h2-14,22,25H,15H2,1H3/t22-/m1/s1. The predicted octanol–water partition coefficient (Wildman–Crippen LogP) is 4.25. The number of hydrogen-bond acceptors (Lipinski definition) is 5. The highest BCUT2D eigenvalue weighted by Gasteiger charge is 2.37. The van der Waals surface area contributed by atoms with Gasteiger partial charge in [0.25, 0.3) is 10.0 Å². The van der Waals surface area contributed by atoms with E-state index in [0.717, 1.165) is 16.2 Å². The van der Waals surface area contributed by atoms with Crippen molar-refractivity contribution in [3.05, 3.63) is 95.0 Å². The third kappa shape index (κ3) is 4.79. The highest BCUT2D eigenvalue weighted by atomic mass is 35.5. The fraction of sp³-hybridized carbons (Fsp3) is 0.136. The lowest BCUT2D eigenvalue weighted by Crippen LogP contribution is -2.27. The molecule has 0 radical (unpaired) electrons. The molecule has 0 aliphatic carbocycles. The summed E-state index contributed by atoms with van der Waals surface area (Å²) < 4.78 is 53.3. The largest absolute Gasteiger partial charge is 0.284 e. The number of nitrogens with one attached hydrogen (secondary N) is 1.